The number of methoxy groups -OCH3 is 1. The minimum absolute atomic E-state index is 0.00814. The summed E-state index contributed by atoms with van der Waals surface area (Å²) in [4.78, 5) is 61.2. The van der Waals surface area contributed by atoms with E-state index in [2.05, 4.69) is 10.6 Å². The van der Waals surface area contributed by atoms with Crippen LogP contribution in [0.1, 0.15) is 60.3 Å². The molecule has 1 aliphatic carbocycles. The number of carbonyl (C=O) groups is 4. The van der Waals surface area contributed by atoms with Crippen LogP contribution in [0.25, 0.3) is 22.2 Å². The fourth-order valence-corrected chi connectivity index (χ4v) is 8.10. The van der Waals surface area contributed by atoms with E-state index in [1.165, 1.54) is 16.7 Å². The molecule has 3 aromatic rings. The number of carboxylic acids is 1. The second-order valence-corrected chi connectivity index (χ2v) is 17.1. The van der Waals surface area contributed by atoms with E-state index in [4.69, 9.17) is 19.2 Å². The van der Waals surface area contributed by atoms with Crippen LogP contribution >= 0.6 is 11.8 Å². The largest absolute Gasteiger partial charge is 0.497 e. The standard InChI is InChI=1S/C40H48N4O8S/c1-38(2,3)52-37(49)42-33-35(46)44-23-27(51-32-21-29(24-13-9-7-10-14-24)41-30-19-26(50-6)16-17-28(30)32)20-31(44)34(45)43-40(36(47)48)22-25(40)15-11-8-12-18-53-39(33,4)5/h7-10,12-14,16-17,19,21,25,27,31,33H,11,15,18,20,22-23H2,1-6H3,(H,42,49)(H,43,45)(H,47,48)/b12-8-/t25?,27-,31+,33?,40-/m1/s1. The lowest BCUT2D eigenvalue weighted by molar-refractivity contribution is -0.146. The van der Waals surface area contributed by atoms with Crippen LogP contribution in [0.15, 0.2) is 66.7 Å². The van der Waals surface area contributed by atoms with Gasteiger partial charge in [0.1, 0.15) is 40.8 Å². The smallest absolute Gasteiger partial charge is 0.408 e. The highest BCUT2D eigenvalue weighted by atomic mass is 32.2. The Morgan fingerprint density at radius 1 is 1.08 bits per heavy atom. The number of pyridine rings is 1. The molecular formula is C40H48N4O8S. The number of carbonyl (C=O) groups excluding carboxylic acids is 3. The number of allylic oxidation sites excluding steroid dienone is 1. The number of hydrogen-bond acceptors (Lipinski definition) is 9. The van der Waals surface area contributed by atoms with Crippen molar-refractivity contribution in [2.75, 3.05) is 19.4 Å². The van der Waals surface area contributed by atoms with Crippen molar-refractivity contribution in [2.24, 2.45) is 5.92 Å². The summed E-state index contributed by atoms with van der Waals surface area (Å²) < 4.78 is 16.9. The molecule has 3 aliphatic rings. The molecule has 1 aromatic heterocycles. The van der Waals surface area contributed by atoms with Gasteiger partial charge in [0.2, 0.25) is 11.8 Å². The quantitative estimate of drug-likeness (QED) is 0.257. The molecule has 12 nitrogen and oxygen atoms in total. The summed E-state index contributed by atoms with van der Waals surface area (Å²) in [5.41, 5.74) is -0.0460. The Morgan fingerprint density at radius 3 is 2.53 bits per heavy atom. The summed E-state index contributed by atoms with van der Waals surface area (Å²) in [7, 11) is 1.58. The molecule has 5 atom stereocenters. The summed E-state index contributed by atoms with van der Waals surface area (Å²) in [6.07, 6.45) is 4.21. The van der Waals surface area contributed by atoms with E-state index in [-0.39, 0.29) is 18.9 Å². The minimum Gasteiger partial charge on any atom is -0.497 e. The highest BCUT2D eigenvalue weighted by molar-refractivity contribution is 8.00. The number of carboxylic acid groups (broad SMARTS) is 1. The molecular weight excluding hydrogens is 697 g/mol. The van der Waals surface area contributed by atoms with Gasteiger partial charge in [0, 0.05) is 40.0 Å². The number of hydrogen-bond donors (Lipinski definition) is 3. The first-order valence-electron chi connectivity index (χ1n) is 18.0. The first-order valence-corrected chi connectivity index (χ1v) is 18.9. The molecule has 3 heterocycles. The van der Waals surface area contributed by atoms with Gasteiger partial charge in [-0.2, -0.15) is 0 Å². The van der Waals surface area contributed by atoms with Gasteiger partial charge in [0.05, 0.1) is 24.9 Å². The van der Waals surface area contributed by atoms with Crippen molar-refractivity contribution >= 4 is 46.5 Å². The predicted molar refractivity (Wildman–Crippen MR) is 203 cm³/mol. The van der Waals surface area contributed by atoms with Crippen molar-refractivity contribution in [1.29, 1.82) is 0 Å². The molecule has 53 heavy (non-hydrogen) atoms. The summed E-state index contributed by atoms with van der Waals surface area (Å²) in [5.74, 6) is -0.718. The van der Waals surface area contributed by atoms with E-state index >= 15 is 0 Å². The van der Waals surface area contributed by atoms with Crippen LogP contribution < -0.4 is 20.1 Å². The second kappa shape index (κ2) is 14.9. The summed E-state index contributed by atoms with van der Waals surface area (Å²) in [6, 6.07) is 14.8. The number of aromatic nitrogens is 1. The normalized spacial score (nSPS) is 26.6. The molecule has 2 unspecified atom stereocenters. The van der Waals surface area contributed by atoms with E-state index in [9.17, 15) is 24.3 Å². The number of nitrogens with one attached hydrogen (secondary N) is 2. The molecule has 1 saturated carbocycles. The number of amides is 3. The molecule has 2 fully saturated rings. The zero-order valence-electron chi connectivity index (χ0n) is 31.0. The lowest BCUT2D eigenvalue weighted by Gasteiger charge is -2.37. The van der Waals surface area contributed by atoms with Crippen molar-refractivity contribution in [3.8, 4) is 22.8 Å². The van der Waals surface area contributed by atoms with E-state index in [0.717, 1.165) is 5.56 Å². The molecule has 282 valence electrons. The average Bonchev–Trinajstić information content (AvgIpc) is 3.64. The topological polar surface area (TPSA) is 156 Å². The Morgan fingerprint density at radius 2 is 1.83 bits per heavy atom. The van der Waals surface area contributed by atoms with Gasteiger partial charge >= 0.3 is 12.1 Å². The first-order chi connectivity index (χ1) is 25.1. The zero-order valence-corrected chi connectivity index (χ0v) is 31.8. The summed E-state index contributed by atoms with van der Waals surface area (Å²) in [5, 5.41) is 16.7. The van der Waals surface area contributed by atoms with Crippen molar-refractivity contribution in [1.82, 2.24) is 20.5 Å². The Bertz CT molecular complexity index is 1910. The molecule has 6 rings (SSSR count). The van der Waals surface area contributed by atoms with Gasteiger partial charge < -0.3 is 34.9 Å². The van der Waals surface area contributed by atoms with Gasteiger partial charge in [-0.25, -0.2) is 14.6 Å². The minimum atomic E-state index is -1.41. The lowest BCUT2D eigenvalue weighted by Crippen LogP contribution is -2.61. The van der Waals surface area contributed by atoms with Crippen LogP contribution in [0.5, 0.6) is 11.5 Å². The fourth-order valence-electron chi connectivity index (χ4n) is 7.12. The molecule has 0 spiro atoms. The third-order valence-electron chi connectivity index (χ3n) is 10.0. The van der Waals surface area contributed by atoms with E-state index in [1.807, 2.05) is 80.6 Å². The number of benzene rings is 2. The first kappa shape index (κ1) is 38.0. The Labute approximate surface area is 314 Å². The van der Waals surface area contributed by atoms with Crippen LogP contribution in [-0.4, -0.2) is 92.3 Å². The van der Waals surface area contributed by atoms with Gasteiger partial charge in [-0.15, -0.1) is 11.8 Å². The van der Waals surface area contributed by atoms with E-state index < -0.39 is 58.0 Å². The summed E-state index contributed by atoms with van der Waals surface area (Å²) >= 11 is 1.49. The van der Waals surface area contributed by atoms with Crippen LogP contribution in [0.2, 0.25) is 0 Å². The maximum Gasteiger partial charge on any atom is 0.408 e. The Kier molecular flexibility index (Phi) is 10.7. The summed E-state index contributed by atoms with van der Waals surface area (Å²) in [6.45, 7) is 8.98. The van der Waals surface area contributed by atoms with E-state index in [0.29, 0.717) is 53.1 Å². The molecule has 13 heteroatoms. The number of fused-ring (bicyclic) bond motifs is 3. The maximum absolute atomic E-state index is 14.8. The highest BCUT2D eigenvalue weighted by Crippen LogP contribution is 2.47. The number of thioether (sulfide) groups is 1. The third-order valence-corrected chi connectivity index (χ3v) is 11.4. The molecule has 2 aromatic carbocycles. The van der Waals surface area contributed by atoms with Gasteiger partial charge in [0.25, 0.3) is 0 Å². The van der Waals surface area contributed by atoms with Gasteiger partial charge in [-0.05, 0) is 71.9 Å². The number of rotatable bonds is 6. The van der Waals surface area contributed by atoms with Crippen LogP contribution in [0.4, 0.5) is 4.79 Å². The molecule has 0 radical (unpaired) electrons. The second-order valence-electron chi connectivity index (χ2n) is 15.4. The highest BCUT2D eigenvalue weighted by Gasteiger charge is 2.62. The van der Waals surface area contributed by atoms with Gasteiger partial charge in [0.15, 0.2) is 0 Å². The van der Waals surface area contributed by atoms with Crippen LogP contribution in [0.3, 0.4) is 0 Å². The van der Waals surface area contributed by atoms with Crippen molar-refractivity contribution in [3.05, 3.63) is 66.7 Å². The van der Waals surface area contributed by atoms with Gasteiger partial charge in [-0.3, -0.25) is 9.59 Å². The molecule has 0 bridgehead atoms. The van der Waals surface area contributed by atoms with E-state index in [1.54, 1.807) is 27.9 Å². The van der Waals surface area contributed by atoms with Gasteiger partial charge in [-0.1, -0.05) is 42.5 Å². The van der Waals surface area contributed by atoms with Crippen LogP contribution in [0, 0.1) is 5.92 Å². The van der Waals surface area contributed by atoms with Crippen LogP contribution in [-0.2, 0) is 19.1 Å². The number of aliphatic carboxylic acids is 1. The number of ether oxygens (including phenoxy) is 3. The monoisotopic (exact) mass is 744 g/mol. The predicted octanol–water partition coefficient (Wildman–Crippen LogP) is 5.97. The molecule has 3 amide bonds. The molecule has 2 aliphatic heterocycles. The number of alkyl carbamates (subject to hydrolysis) is 1. The van der Waals surface area contributed by atoms with Crippen molar-refractivity contribution < 1.29 is 38.5 Å². The lowest BCUT2D eigenvalue weighted by atomic mass is 10.0. The third kappa shape index (κ3) is 8.40. The van der Waals surface area contributed by atoms with Crippen molar-refractivity contribution in [2.45, 2.75) is 94.4 Å². The SMILES string of the molecule is COc1ccc2c(O[C@@H]3C[C@H]4C(=O)N[C@]5(C(=O)O)CC5CC/C=C\CSC(C)(C)C(NC(=O)OC(C)(C)C)C(=O)N4C3)cc(-c3ccccc3)nc2c1. The number of nitrogens with zero attached hydrogens (tertiary/aromatic N) is 2. The Hall–Kier alpha value is -4.78. The molecule has 3 N–H and O–H groups in total. The Balaban J connectivity index is 1.38. The molecule has 1 saturated heterocycles. The maximum atomic E-state index is 14.8. The van der Waals surface area contributed by atoms with Crippen molar-refractivity contribution in [3.63, 3.8) is 0 Å². The fraction of sp³-hybridized carbons (Fsp3) is 0.475. The average molecular weight is 745 g/mol. The zero-order chi connectivity index (χ0) is 38.1.